The fourth-order valence-corrected chi connectivity index (χ4v) is 4.03. The summed E-state index contributed by atoms with van der Waals surface area (Å²) < 4.78 is 1.78. The standard InChI is InChI=1S/C22H22N6/c1-2-6-17(7-3-1)14-18-9-12-27(13-10-18)21-19-15-26-28(22(19)25-16-24-21)20-8-4-5-11-23-20/h1-8,11,15-16,18H,9-10,12-14H2. The molecule has 6 nitrogen and oxygen atoms in total. The van der Waals surface area contributed by atoms with E-state index in [-0.39, 0.29) is 0 Å². The van der Waals surface area contributed by atoms with E-state index in [9.17, 15) is 0 Å². The monoisotopic (exact) mass is 370 g/mol. The molecule has 5 rings (SSSR count). The van der Waals surface area contributed by atoms with Gasteiger partial charge in [0.05, 0.1) is 11.6 Å². The molecule has 0 atom stereocenters. The number of anilines is 1. The first-order valence-electron chi connectivity index (χ1n) is 9.77. The van der Waals surface area contributed by atoms with Crippen molar-refractivity contribution in [2.45, 2.75) is 19.3 Å². The number of nitrogens with zero attached hydrogens (tertiary/aromatic N) is 6. The quantitative estimate of drug-likeness (QED) is 0.549. The maximum absolute atomic E-state index is 4.59. The average Bonchev–Trinajstić information content (AvgIpc) is 3.20. The highest BCUT2D eigenvalue weighted by atomic mass is 15.3. The number of hydrogen-bond donors (Lipinski definition) is 0. The zero-order chi connectivity index (χ0) is 18.8. The SMILES string of the molecule is c1ccc(CC2CCN(c3ncnc4c3cnn4-c3ccccn3)CC2)cc1. The number of pyridine rings is 1. The molecule has 0 spiro atoms. The smallest absolute Gasteiger partial charge is 0.170 e. The molecule has 0 saturated carbocycles. The van der Waals surface area contributed by atoms with Crippen LogP contribution in [0.25, 0.3) is 16.9 Å². The van der Waals surface area contributed by atoms with Crippen LogP contribution < -0.4 is 4.90 Å². The van der Waals surface area contributed by atoms with Crippen molar-refractivity contribution in [2.75, 3.05) is 18.0 Å². The largest absolute Gasteiger partial charge is 0.356 e. The van der Waals surface area contributed by atoms with E-state index in [2.05, 4.69) is 55.3 Å². The first kappa shape index (κ1) is 16.9. The molecule has 0 amide bonds. The van der Waals surface area contributed by atoms with Crippen molar-refractivity contribution in [3.63, 3.8) is 0 Å². The number of rotatable bonds is 4. The molecule has 1 fully saturated rings. The van der Waals surface area contributed by atoms with Crippen molar-refractivity contribution in [3.05, 3.63) is 72.8 Å². The zero-order valence-electron chi connectivity index (χ0n) is 15.6. The second-order valence-electron chi connectivity index (χ2n) is 7.30. The normalized spacial score (nSPS) is 15.2. The second kappa shape index (κ2) is 7.38. The summed E-state index contributed by atoms with van der Waals surface area (Å²) in [5.74, 6) is 2.47. The first-order valence-corrected chi connectivity index (χ1v) is 9.77. The van der Waals surface area contributed by atoms with Gasteiger partial charge in [-0.2, -0.15) is 9.78 Å². The predicted molar refractivity (Wildman–Crippen MR) is 110 cm³/mol. The molecule has 0 N–H and O–H groups in total. The van der Waals surface area contributed by atoms with Crippen LogP contribution in [0.4, 0.5) is 5.82 Å². The van der Waals surface area contributed by atoms with Crippen LogP contribution in [0.1, 0.15) is 18.4 Å². The van der Waals surface area contributed by atoms with E-state index in [1.165, 1.54) is 18.4 Å². The van der Waals surface area contributed by atoms with Gasteiger partial charge in [-0.15, -0.1) is 0 Å². The molecule has 28 heavy (non-hydrogen) atoms. The lowest BCUT2D eigenvalue weighted by Gasteiger charge is -2.33. The summed E-state index contributed by atoms with van der Waals surface area (Å²) in [4.78, 5) is 15.8. The molecular weight excluding hydrogens is 348 g/mol. The molecule has 6 heteroatoms. The molecule has 0 aliphatic carbocycles. The Bertz CT molecular complexity index is 1050. The minimum atomic E-state index is 0.729. The Morgan fingerprint density at radius 1 is 0.893 bits per heavy atom. The van der Waals surface area contributed by atoms with Gasteiger partial charge in [0.25, 0.3) is 0 Å². The van der Waals surface area contributed by atoms with E-state index < -0.39 is 0 Å². The lowest BCUT2D eigenvalue weighted by Crippen LogP contribution is -2.35. The third-order valence-corrected chi connectivity index (χ3v) is 5.49. The Morgan fingerprint density at radius 3 is 2.50 bits per heavy atom. The minimum Gasteiger partial charge on any atom is -0.356 e. The van der Waals surface area contributed by atoms with Gasteiger partial charge in [0, 0.05) is 19.3 Å². The summed E-state index contributed by atoms with van der Waals surface area (Å²) in [6.07, 6.45) is 8.77. The summed E-state index contributed by atoms with van der Waals surface area (Å²) in [7, 11) is 0. The maximum Gasteiger partial charge on any atom is 0.170 e. The highest BCUT2D eigenvalue weighted by molar-refractivity contribution is 5.87. The van der Waals surface area contributed by atoms with E-state index in [4.69, 9.17) is 0 Å². The van der Waals surface area contributed by atoms with Crippen molar-refractivity contribution in [1.82, 2.24) is 24.7 Å². The Morgan fingerprint density at radius 2 is 1.71 bits per heavy atom. The molecule has 0 radical (unpaired) electrons. The molecule has 0 unspecified atom stereocenters. The maximum atomic E-state index is 4.59. The van der Waals surface area contributed by atoms with Crippen LogP contribution >= 0.6 is 0 Å². The lowest BCUT2D eigenvalue weighted by molar-refractivity contribution is 0.402. The number of fused-ring (bicyclic) bond motifs is 1. The molecule has 1 aromatic carbocycles. The van der Waals surface area contributed by atoms with Gasteiger partial charge in [-0.25, -0.2) is 15.0 Å². The molecule has 3 aromatic heterocycles. The van der Waals surface area contributed by atoms with Crippen LogP contribution in [0.3, 0.4) is 0 Å². The topological polar surface area (TPSA) is 59.7 Å². The Balaban J connectivity index is 1.35. The van der Waals surface area contributed by atoms with Crippen molar-refractivity contribution >= 4 is 16.9 Å². The average molecular weight is 370 g/mol. The summed E-state index contributed by atoms with van der Waals surface area (Å²) >= 11 is 0. The van der Waals surface area contributed by atoms with Crippen LogP contribution in [-0.2, 0) is 6.42 Å². The van der Waals surface area contributed by atoms with Crippen molar-refractivity contribution in [3.8, 4) is 5.82 Å². The van der Waals surface area contributed by atoms with E-state index in [0.717, 1.165) is 48.1 Å². The Hall–Kier alpha value is -3.28. The van der Waals surface area contributed by atoms with Crippen LogP contribution in [0, 0.1) is 5.92 Å². The predicted octanol–water partition coefficient (Wildman–Crippen LogP) is 3.67. The molecule has 1 aliphatic rings. The van der Waals surface area contributed by atoms with Crippen molar-refractivity contribution < 1.29 is 0 Å². The molecular formula is C22H22N6. The van der Waals surface area contributed by atoms with E-state index in [1.807, 2.05) is 24.4 Å². The molecule has 4 heterocycles. The Labute approximate surface area is 163 Å². The highest BCUT2D eigenvalue weighted by Gasteiger charge is 2.23. The van der Waals surface area contributed by atoms with Crippen LogP contribution in [0.15, 0.2) is 67.3 Å². The van der Waals surface area contributed by atoms with Gasteiger partial charge in [0.15, 0.2) is 11.5 Å². The summed E-state index contributed by atoms with van der Waals surface area (Å²) in [6.45, 7) is 2.02. The number of aromatic nitrogens is 5. The molecule has 140 valence electrons. The number of benzene rings is 1. The van der Waals surface area contributed by atoms with Crippen LogP contribution in [0.2, 0.25) is 0 Å². The minimum absolute atomic E-state index is 0.729. The molecule has 1 saturated heterocycles. The van der Waals surface area contributed by atoms with Crippen LogP contribution in [0.5, 0.6) is 0 Å². The third kappa shape index (κ3) is 3.22. The number of piperidine rings is 1. The second-order valence-corrected chi connectivity index (χ2v) is 7.30. The zero-order valence-corrected chi connectivity index (χ0v) is 15.6. The van der Waals surface area contributed by atoms with Crippen LogP contribution in [-0.4, -0.2) is 37.8 Å². The van der Waals surface area contributed by atoms with Gasteiger partial charge < -0.3 is 4.90 Å². The van der Waals surface area contributed by atoms with Gasteiger partial charge in [0.2, 0.25) is 0 Å². The summed E-state index contributed by atoms with van der Waals surface area (Å²) in [5, 5.41) is 5.50. The molecule has 0 bridgehead atoms. The lowest BCUT2D eigenvalue weighted by atomic mass is 9.90. The Kier molecular flexibility index (Phi) is 4.45. The van der Waals surface area contributed by atoms with Gasteiger partial charge >= 0.3 is 0 Å². The van der Waals surface area contributed by atoms with E-state index in [0.29, 0.717) is 0 Å². The first-order chi connectivity index (χ1) is 13.9. The van der Waals surface area contributed by atoms with Gasteiger partial charge in [-0.3, -0.25) is 0 Å². The van der Waals surface area contributed by atoms with Gasteiger partial charge in [-0.1, -0.05) is 36.4 Å². The third-order valence-electron chi connectivity index (χ3n) is 5.49. The van der Waals surface area contributed by atoms with Crippen molar-refractivity contribution in [1.29, 1.82) is 0 Å². The van der Waals surface area contributed by atoms with Gasteiger partial charge in [0.1, 0.15) is 12.1 Å². The fraction of sp³-hybridized carbons (Fsp3) is 0.273. The number of hydrogen-bond acceptors (Lipinski definition) is 5. The summed E-state index contributed by atoms with van der Waals surface area (Å²) in [6, 6.07) is 16.6. The molecule has 4 aromatic rings. The summed E-state index contributed by atoms with van der Waals surface area (Å²) in [5.41, 5.74) is 2.23. The fourth-order valence-electron chi connectivity index (χ4n) is 4.03. The van der Waals surface area contributed by atoms with E-state index in [1.54, 1.807) is 17.2 Å². The van der Waals surface area contributed by atoms with Crippen molar-refractivity contribution in [2.24, 2.45) is 5.92 Å². The van der Waals surface area contributed by atoms with E-state index >= 15 is 0 Å². The van der Waals surface area contributed by atoms with Gasteiger partial charge in [-0.05, 0) is 42.9 Å². The highest BCUT2D eigenvalue weighted by Crippen LogP contribution is 2.29. The molecule has 1 aliphatic heterocycles.